The number of nitrogens with zero attached hydrogens (tertiary/aromatic N) is 2. The molecule has 0 fully saturated rings. The van der Waals surface area contributed by atoms with Crippen molar-refractivity contribution in [2.45, 2.75) is 16.4 Å². The van der Waals surface area contributed by atoms with E-state index in [4.69, 9.17) is 0 Å². The van der Waals surface area contributed by atoms with Gasteiger partial charge in [-0.3, -0.25) is 10.1 Å². The van der Waals surface area contributed by atoms with E-state index in [2.05, 4.69) is 3.77 Å². The molecule has 0 N–H and O–H groups in total. The Morgan fingerprint density at radius 2 is 1.25 bits per heavy atom. The van der Waals surface area contributed by atoms with Crippen molar-refractivity contribution in [1.29, 1.82) is 0 Å². The van der Waals surface area contributed by atoms with E-state index in [1.54, 1.807) is 0 Å². The highest BCUT2D eigenvalue weighted by Gasteiger charge is 2.16. The van der Waals surface area contributed by atoms with Crippen LogP contribution in [-0.4, -0.2) is 13.3 Å². The van der Waals surface area contributed by atoms with Crippen LogP contribution in [0.5, 0.6) is 0 Å². The molecule has 6 nitrogen and oxygen atoms in total. The molecule has 0 aromatic heterocycles. The van der Waals surface area contributed by atoms with Gasteiger partial charge < -0.3 is 0 Å². The van der Waals surface area contributed by atoms with Crippen LogP contribution in [0, 0.1) is 10.1 Å². The van der Waals surface area contributed by atoms with E-state index < -0.39 is 25.6 Å². The van der Waals surface area contributed by atoms with Crippen molar-refractivity contribution in [2.75, 3.05) is 0 Å². The highest BCUT2D eigenvalue weighted by Crippen LogP contribution is 2.20. The largest absolute Gasteiger partial charge is 0.287 e. The fourth-order valence-corrected chi connectivity index (χ4v) is 6.17. The summed E-state index contributed by atoms with van der Waals surface area (Å²) in [6.45, 7) is 0. The smallest absolute Gasteiger partial charge is 0.258 e. The molecular formula is C20H18N2O4S2. The Morgan fingerprint density at radius 3 is 1.68 bits per heavy atom. The summed E-state index contributed by atoms with van der Waals surface area (Å²) in [6.07, 6.45) is 0. The van der Waals surface area contributed by atoms with E-state index in [1.807, 2.05) is 60.7 Å². The molecule has 3 aromatic carbocycles. The van der Waals surface area contributed by atoms with Crippen molar-refractivity contribution in [1.82, 2.24) is 0 Å². The first kappa shape index (κ1) is 19.9. The zero-order valence-electron chi connectivity index (χ0n) is 14.8. The third-order valence-electron chi connectivity index (χ3n) is 3.90. The maximum atomic E-state index is 12.8. The molecule has 0 saturated heterocycles. The molecule has 8 heteroatoms. The Balaban J connectivity index is 1.94. The first-order valence-electron chi connectivity index (χ1n) is 8.42. The first-order valence-corrected chi connectivity index (χ1v) is 11.4. The number of hydrogen-bond donors (Lipinski definition) is 0. The molecule has 3 aromatic rings. The van der Waals surface area contributed by atoms with Gasteiger partial charge in [0.15, 0.2) is 0 Å². The summed E-state index contributed by atoms with van der Waals surface area (Å²) in [6, 6.07) is 24.0. The number of rotatable bonds is 7. The molecule has 0 amide bonds. The van der Waals surface area contributed by atoms with Crippen molar-refractivity contribution < 1.29 is 13.3 Å². The van der Waals surface area contributed by atoms with E-state index in [0.717, 1.165) is 11.1 Å². The van der Waals surface area contributed by atoms with Gasteiger partial charge in [-0.1, -0.05) is 71.4 Å². The average molecular weight is 415 g/mol. The maximum Gasteiger partial charge on any atom is 0.287 e. The van der Waals surface area contributed by atoms with Crippen molar-refractivity contribution >= 4 is 26.4 Å². The molecule has 0 bridgehead atoms. The van der Waals surface area contributed by atoms with Crippen LogP contribution in [0.2, 0.25) is 0 Å². The predicted octanol–water partition coefficient (Wildman–Crippen LogP) is 4.49. The maximum absolute atomic E-state index is 12.8. The van der Waals surface area contributed by atoms with Gasteiger partial charge in [-0.25, -0.2) is 0 Å². The van der Waals surface area contributed by atoms with Crippen molar-refractivity contribution in [3.05, 3.63) is 106 Å². The lowest BCUT2D eigenvalue weighted by Gasteiger charge is -2.09. The van der Waals surface area contributed by atoms with Crippen molar-refractivity contribution in [3.63, 3.8) is 0 Å². The summed E-state index contributed by atoms with van der Waals surface area (Å²) in [7, 11) is -4.73. The molecule has 0 atom stereocenters. The van der Waals surface area contributed by atoms with Crippen molar-refractivity contribution in [3.8, 4) is 0 Å². The average Bonchev–Trinajstić information content (AvgIpc) is 2.69. The lowest BCUT2D eigenvalue weighted by atomic mass is 10.2. The van der Waals surface area contributed by atoms with Gasteiger partial charge in [0, 0.05) is 23.6 Å². The SMILES string of the molecule is O=[N+]([O-])c1ccc(S(=O)(=O)N=S(Cc2ccccc2)Cc2ccccc2)cc1. The minimum Gasteiger partial charge on any atom is -0.258 e. The lowest BCUT2D eigenvalue weighted by Crippen LogP contribution is -2.05. The zero-order chi connectivity index (χ0) is 20.0. The summed E-state index contributed by atoms with van der Waals surface area (Å²) >= 11 is 0. The summed E-state index contributed by atoms with van der Waals surface area (Å²) in [5.74, 6) is 1.00. The molecule has 144 valence electrons. The van der Waals surface area contributed by atoms with Gasteiger partial charge in [-0.15, -0.1) is 3.77 Å². The highest BCUT2D eigenvalue weighted by molar-refractivity contribution is 7.99. The second kappa shape index (κ2) is 8.90. The van der Waals surface area contributed by atoms with Crippen LogP contribution in [-0.2, 0) is 32.2 Å². The number of non-ortho nitro benzene ring substituents is 1. The molecule has 0 heterocycles. The van der Waals surface area contributed by atoms with Gasteiger partial charge in [-0.2, -0.15) is 8.42 Å². The second-order valence-corrected chi connectivity index (χ2v) is 9.54. The highest BCUT2D eigenvalue weighted by atomic mass is 32.3. The summed E-state index contributed by atoms with van der Waals surface area (Å²) in [5.41, 5.74) is 1.85. The molecule has 0 aliphatic heterocycles. The summed E-state index contributed by atoms with van der Waals surface area (Å²) in [5, 5.41) is 10.8. The monoisotopic (exact) mass is 414 g/mol. The molecule has 3 rings (SSSR count). The van der Waals surface area contributed by atoms with Gasteiger partial charge in [-0.05, 0) is 23.3 Å². The molecule has 0 aliphatic carbocycles. The fraction of sp³-hybridized carbons (Fsp3) is 0.100. The minimum atomic E-state index is -3.93. The summed E-state index contributed by atoms with van der Waals surface area (Å²) in [4.78, 5) is 10.2. The normalized spacial score (nSPS) is 11.3. The molecule has 0 radical (unpaired) electrons. The van der Waals surface area contributed by atoms with Crippen molar-refractivity contribution in [2.24, 2.45) is 3.77 Å². The Labute approximate surface area is 166 Å². The molecule has 28 heavy (non-hydrogen) atoms. The fourth-order valence-electron chi connectivity index (χ4n) is 2.56. The predicted molar refractivity (Wildman–Crippen MR) is 110 cm³/mol. The standard InChI is InChI=1S/C20H18N2O4S2/c23-22(24)19-11-13-20(14-12-19)28(25,26)21-27(15-17-7-3-1-4-8-17)16-18-9-5-2-6-10-18/h1-14H,15-16H2. The first-order chi connectivity index (χ1) is 13.4. The molecule has 0 aliphatic rings. The number of sulfonamides is 1. The van der Waals surface area contributed by atoms with Gasteiger partial charge in [0.2, 0.25) is 0 Å². The summed E-state index contributed by atoms with van der Waals surface area (Å²) < 4.78 is 29.7. The van der Waals surface area contributed by atoms with Gasteiger partial charge >= 0.3 is 0 Å². The van der Waals surface area contributed by atoms with Crippen LogP contribution >= 0.6 is 0 Å². The number of hydrogen-bond acceptors (Lipinski definition) is 4. The number of nitro benzene ring substituents is 1. The topological polar surface area (TPSA) is 89.6 Å². The third-order valence-corrected chi connectivity index (χ3v) is 7.73. The molecule has 0 saturated carbocycles. The van der Waals surface area contributed by atoms with Crippen LogP contribution < -0.4 is 0 Å². The van der Waals surface area contributed by atoms with Crippen LogP contribution in [0.15, 0.2) is 93.6 Å². The quantitative estimate of drug-likeness (QED) is 0.421. The molecule has 0 spiro atoms. The van der Waals surface area contributed by atoms with Gasteiger partial charge in [0.05, 0.1) is 9.82 Å². The van der Waals surface area contributed by atoms with Gasteiger partial charge in [0.1, 0.15) is 0 Å². The van der Waals surface area contributed by atoms with E-state index in [9.17, 15) is 18.5 Å². The van der Waals surface area contributed by atoms with E-state index in [1.165, 1.54) is 24.3 Å². The van der Waals surface area contributed by atoms with Gasteiger partial charge in [0.25, 0.3) is 15.7 Å². The second-order valence-electron chi connectivity index (χ2n) is 6.02. The zero-order valence-corrected chi connectivity index (χ0v) is 16.5. The third kappa shape index (κ3) is 5.34. The Morgan fingerprint density at radius 1 is 0.786 bits per heavy atom. The Kier molecular flexibility index (Phi) is 6.33. The Bertz CT molecular complexity index is 1040. The van der Waals surface area contributed by atoms with Crippen LogP contribution in [0.1, 0.15) is 11.1 Å². The van der Waals surface area contributed by atoms with Crippen LogP contribution in [0.4, 0.5) is 5.69 Å². The van der Waals surface area contributed by atoms with Crippen LogP contribution in [0.25, 0.3) is 0 Å². The van der Waals surface area contributed by atoms with Crippen LogP contribution in [0.3, 0.4) is 0 Å². The lowest BCUT2D eigenvalue weighted by molar-refractivity contribution is -0.384. The van der Waals surface area contributed by atoms with E-state index in [0.29, 0.717) is 11.5 Å². The number of benzene rings is 3. The minimum absolute atomic E-state index is 0.0447. The molecular weight excluding hydrogens is 396 g/mol. The van der Waals surface area contributed by atoms with E-state index >= 15 is 0 Å². The number of nitro groups is 1. The Hall–Kier alpha value is -2.84. The van der Waals surface area contributed by atoms with E-state index in [-0.39, 0.29) is 10.6 Å². The molecule has 0 unspecified atom stereocenters.